The fourth-order valence-corrected chi connectivity index (χ4v) is 4.16. The van der Waals surface area contributed by atoms with Crippen LogP contribution in [0, 0.1) is 0 Å². The highest BCUT2D eigenvalue weighted by molar-refractivity contribution is 6.60. The lowest BCUT2D eigenvalue weighted by atomic mass is 10.1. The van der Waals surface area contributed by atoms with Crippen LogP contribution in [0.25, 0.3) is 0 Å². The Morgan fingerprint density at radius 3 is 2.71 bits per heavy atom. The van der Waals surface area contributed by atoms with E-state index in [0.29, 0.717) is 30.2 Å². The Balaban J connectivity index is 1.28. The number of piperidine rings is 1. The number of carbonyl (C=O) groups is 2. The second kappa shape index (κ2) is 14.0. The number of aromatic nitrogens is 3. The topological polar surface area (TPSA) is 160 Å². The number of rotatable bonds is 10. The lowest BCUT2D eigenvalue weighted by Crippen LogP contribution is -2.39. The van der Waals surface area contributed by atoms with Crippen LogP contribution in [0.2, 0.25) is 0 Å². The summed E-state index contributed by atoms with van der Waals surface area (Å²) in [5.41, 5.74) is 1.02. The lowest BCUT2D eigenvalue weighted by Gasteiger charge is -2.31. The van der Waals surface area contributed by atoms with Crippen LogP contribution in [0.15, 0.2) is 70.9 Å². The minimum Gasteiger partial charge on any atom is -0.406 e. The van der Waals surface area contributed by atoms with Crippen LogP contribution in [0.1, 0.15) is 24.1 Å². The van der Waals surface area contributed by atoms with Gasteiger partial charge in [-0.05, 0) is 54.8 Å². The zero-order chi connectivity index (χ0) is 30.0. The van der Waals surface area contributed by atoms with Gasteiger partial charge in [-0.15, -0.1) is 23.4 Å². The molecule has 1 fully saturated rings. The standard InChI is InChI=1S/C27H28F3N9O3/c28-27(29,30)42-21-8-3-5-18(13-21)14-25(40)35-23-9-10-24(38-37-23)39-12-4-7-20(17-39)33-16-22(36-31)26(41)34-15-19-6-1-2-11-32-19/h1-3,5-6,8-11,13,16,20H,4,7,12,14-15,17,31H2,(H,34,41)(H,35,37,40). The largest absolute Gasteiger partial charge is 0.573 e. The van der Waals surface area contributed by atoms with E-state index in [2.05, 4.69) is 40.6 Å². The number of nitrogens with zero attached hydrogens (tertiary/aromatic N) is 6. The molecule has 2 amide bonds. The van der Waals surface area contributed by atoms with Crippen LogP contribution in [-0.4, -0.2) is 64.4 Å². The monoisotopic (exact) mass is 583 g/mol. The molecule has 0 radical (unpaired) electrons. The number of carbonyl (C=O) groups excluding carboxylic acids is 2. The quantitative estimate of drug-likeness (QED) is 0.187. The fraction of sp³-hybridized carbons (Fsp3) is 0.296. The van der Waals surface area contributed by atoms with E-state index in [9.17, 15) is 22.8 Å². The first-order valence-corrected chi connectivity index (χ1v) is 12.9. The molecule has 1 aliphatic rings. The van der Waals surface area contributed by atoms with Crippen LogP contribution in [0.4, 0.5) is 24.8 Å². The van der Waals surface area contributed by atoms with Gasteiger partial charge >= 0.3 is 6.36 Å². The average molecular weight is 584 g/mol. The molecule has 3 aromatic rings. The number of nitrogens with one attached hydrogen (secondary N) is 2. The predicted molar refractivity (Wildman–Crippen MR) is 149 cm³/mol. The molecule has 220 valence electrons. The van der Waals surface area contributed by atoms with Crippen LogP contribution in [0.3, 0.4) is 0 Å². The summed E-state index contributed by atoms with van der Waals surface area (Å²) in [5.74, 6) is 4.83. The number of pyridine rings is 1. The average Bonchev–Trinajstić information content (AvgIpc) is 2.97. The highest BCUT2D eigenvalue weighted by Crippen LogP contribution is 2.24. The van der Waals surface area contributed by atoms with E-state index >= 15 is 0 Å². The van der Waals surface area contributed by atoms with E-state index in [1.165, 1.54) is 18.3 Å². The molecule has 1 unspecified atom stereocenters. The van der Waals surface area contributed by atoms with E-state index < -0.39 is 23.9 Å². The Hall–Kier alpha value is -5.08. The van der Waals surface area contributed by atoms with Crippen LogP contribution >= 0.6 is 0 Å². The van der Waals surface area contributed by atoms with Gasteiger partial charge in [-0.1, -0.05) is 18.2 Å². The van der Waals surface area contributed by atoms with Crippen molar-refractivity contribution in [3.8, 4) is 5.75 Å². The van der Waals surface area contributed by atoms with Gasteiger partial charge in [-0.25, -0.2) is 0 Å². The zero-order valence-corrected chi connectivity index (χ0v) is 22.3. The molecule has 42 heavy (non-hydrogen) atoms. The molecule has 1 atom stereocenters. The number of alkyl halides is 3. The molecule has 15 heteroatoms. The maximum Gasteiger partial charge on any atom is 0.573 e. The molecule has 4 N–H and O–H groups in total. The Morgan fingerprint density at radius 1 is 1.14 bits per heavy atom. The summed E-state index contributed by atoms with van der Waals surface area (Å²) < 4.78 is 41.2. The third-order valence-electron chi connectivity index (χ3n) is 6.07. The first-order valence-electron chi connectivity index (χ1n) is 12.9. The summed E-state index contributed by atoms with van der Waals surface area (Å²) in [6.07, 6.45) is -0.403. The highest BCUT2D eigenvalue weighted by atomic mass is 19.4. The molecule has 0 spiro atoms. The molecule has 3 heterocycles. The summed E-state index contributed by atoms with van der Waals surface area (Å²) in [6.45, 7) is 1.45. The van der Waals surface area contributed by atoms with Crippen LogP contribution < -0.4 is 26.1 Å². The Kier molecular flexibility index (Phi) is 9.97. The van der Waals surface area contributed by atoms with Crippen molar-refractivity contribution < 1.29 is 27.5 Å². The molecule has 0 saturated carbocycles. The van der Waals surface area contributed by atoms with Crippen molar-refractivity contribution >= 4 is 35.4 Å². The van der Waals surface area contributed by atoms with Gasteiger partial charge < -0.3 is 26.1 Å². The lowest BCUT2D eigenvalue weighted by molar-refractivity contribution is -0.274. The van der Waals surface area contributed by atoms with Crippen LogP contribution in [0.5, 0.6) is 5.75 Å². The number of aliphatic imine (C=N–C) groups is 1. The van der Waals surface area contributed by atoms with Gasteiger partial charge in [0, 0.05) is 19.3 Å². The van der Waals surface area contributed by atoms with Gasteiger partial charge in [-0.3, -0.25) is 19.6 Å². The van der Waals surface area contributed by atoms with E-state index in [0.717, 1.165) is 25.0 Å². The van der Waals surface area contributed by atoms with E-state index in [4.69, 9.17) is 5.84 Å². The van der Waals surface area contributed by atoms with Gasteiger partial charge in [0.15, 0.2) is 17.3 Å². The van der Waals surface area contributed by atoms with Crippen molar-refractivity contribution in [2.24, 2.45) is 15.9 Å². The minimum atomic E-state index is -4.82. The third-order valence-corrected chi connectivity index (χ3v) is 6.07. The Morgan fingerprint density at radius 2 is 2.00 bits per heavy atom. The molecule has 1 aliphatic heterocycles. The van der Waals surface area contributed by atoms with Crippen molar-refractivity contribution in [1.82, 2.24) is 20.5 Å². The van der Waals surface area contributed by atoms with Crippen molar-refractivity contribution in [2.75, 3.05) is 23.3 Å². The molecule has 4 rings (SSSR count). The summed E-state index contributed by atoms with van der Waals surface area (Å²) >= 11 is 0. The first kappa shape index (κ1) is 29.9. The van der Waals surface area contributed by atoms with E-state index in [1.807, 2.05) is 11.0 Å². The van der Waals surface area contributed by atoms with Crippen molar-refractivity contribution in [1.29, 1.82) is 0 Å². The number of hydrogen-bond donors (Lipinski definition) is 3. The van der Waals surface area contributed by atoms with Gasteiger partial charge in [0.2, 0.25) is 5.91 Å². The van der Waals surface area contributed by atoms with E-state index in [-0.39, 0.29) is 30.5 Å². The number of anilines is 2. The second-order valence-electron chi connectivity index (χ2n) is 9.24. The van der Waals surface area contributed by atoms with Gasteiger partial charge in [0.25, 0.3) is 5.91 Å². The molecule has 1 saturated heterocycles. The maximum atomic E-state index is 12.4. The molecule has 1 aromatic carbocycles. The number of benzene rings is 1. The molecular formula is C27H28F3N9O3. The van der Waals surface area contributed by atoms with Gasteiger partial charge in [-0.2, -0.15) is 5.10 Å². The predicted octanol–water partition coefficient (Wildman–Crippen LogP) is 2.62. The van der Waals surface area contributed by atoms with Crippen LogP contribution in [-0.2, 0) is 22.6 Å². The van der Waals surface area contributed by atoms with Crippen molar-refractivity contribution in [2.45, 2.75) is 38.2 Å². The number of amides is 2. The first-order chi connectivity index (χ1) is 20.2. The third kappa shape index (κ3) is 9.25. The number of hydrogen-bond acceptors (Lipinski definition) is 10. The normalized spacial score (nSPS) is 15.8. The highest BCUT2D eigenvalue weighted by Gasteiger charge is 2.31. The number of nitrogens with two attached hydrogens (primary N) is 1. The van der Waals surface area contributed by atoms with Gasteiger partial charge in [0.05, 0.1) is 30.9 Å². The summed E-state index contributed by atoms with van der Waals surface area (Å²) in [4.78, 5) is 35.5. The molecule has 2 aromatic heterocycles. The maximum absolute atomic E-state index is 12.4. The second-order valence-corrected chi connectivity index (χ2v) is 9.24. The van der Waals surface area contributed by atoms with Gasteiger partial charge in [0.1, 0.15) is 5.75 Å². The SMILES string of the molecule is NN=C(C=NC1CCCN(c2ccc(NC(=O)Cc3cccc(OC(F)(F)F)c3)nn2)C1)C(=O)NCc1ccccn1. The van der Waals surface area contributed by atoms with Crippen molar-refractivity contribution in [3.05, 3.63) is 72.1 Å². The smallest absolute Gasteiger partial charge is 0.406 e. The molecule has 0 aliphatic carbocycles. The Bertz CT molecular complexity index is 1420. The number of hydrazone groups is 1. The Labute approximate surface area is 238 Å². The summed E-state index contributed by atoms with van der Waals surface area (Å²) in [6, 6.07) is 13.7. The zero-order valence-electron chi connectivity index (χ0n) is 22.3. The number of ether oxygens (including phenoxy) is 1. The summed E-state index contributed by atoms with van der Waals surface area (Å²) in [5, 5.41) is 17.1. The molecule has 12 nitrogen and oxygen atoms in total. The molecular weight excluding hydrogens is 555 g/mol. The number of halogens is 3. The minimum absolute atomic E-state index is 0.0115. The summed E-state index contributed by atoms with van der Waals surface area (Å²) in [7, 11) is 0. The molecule has 0 bridgehead atoms. The van der Waals surface area contributed by atoms with Crippen molar-refractivity contribution in [3.63, 3.8) is 0 Å². The fourth-order valence-electron chi connectivity index (χ4n) is 4.16. The van der Waals surface area contributed by atoms with E-state index in [1.54, 1.807) is 30.5 Å².